The molecule has 0 aliphatic heterocycles. The van der Waals surface area contributed by atoms with Crippen molar-refractivity contribution < 1.29 is 114 Å². The van der Waals surface area contributed by atoms with Gasteiger partial charge in [0.25, 0.3) is 0 Å². The highest BCUT2D eigenvalue weighted by Crippen LogP contribution is 2.48. The number of fused-ring (bicyclic) bond motifs is 6. The van der Waals surface area contributed by atoms with Gasteiger partial charge in [-0.3, -0.25) is 0 Å². The Hall–Kier alpha value is -9.04. The summed E-state index contributed by atoms with van der Waals surface area (Å²) in [5, 5.41) is 2.52. The quantitative estimate of drug-likeness (QED) is 0.0808. The van der Waals surface area contributed by atoms with Crippen molar-refractivity contribution in [3.05, 3.63) is 234 Å². The summed E-state index contributed by atoms with van der Waals surface area (Å²) in [6.07, 6.45) is -19.2. The van der Waals surface area contributed by atoms with E-state index < -0.39 is 196 Å². The van der Waals surface area contributed by atoms with Crippen LogP contribution in [0.2, 0.25) is 0 Å². The lowest BCUT2D eigenvalue weighted by atomic mass is 9.12. The molecule has 0 atom stereocenters. The maximum absolute atomic E-state index is 17.7. The van der Waals surface area contributed by atoms with E-state index in [1.54, 1.807) is 66.7 Å². The number of rotatable bonds is 8. The molecule has 0 nitrogen and oxygen atoms in total. The lowest BCUT2D eigenvalue weighted by Gasteiger charge is -2.45. The normalized spacial score (nSPS) is 13.3. The van der Waals surface area contributed by atoms with Crippen molar-refractivity contribution in [3.8, 4) is 44.5 Å². The average Bonchev–Trinajstić information content (AvgIpc) is 0.678. The lowest BCUT2D eigenvalue weighted by Crippen LogP contribution is -2.81. The molecule has 27 heteroatoms. The maximum Gasteiger partial charge on any atom is 0.422 e. The van der Waals surface area contributed by atoms with Crippen LogP contribution < -0.4 is 21.9 Å². The van der Waals surface area contributed by atoms with Gasteiger partial charge in [0.1, 0.15) is 63.8 Å². The van der Waals surface area contributed by atoms with Crippen molar-refractivity contribution >= 4 is 49.5 Å². The molecule has 0 bridgehead atoms. The first-order chi connectivity index (χ1) is 42.2. The monoisotopic (exact) mass is 1290 g/mol. The third-order valence-corrected chi connectivity index (χ3v) is 16.9. The van der Waals surface area contributed by atoms with Crippen LogP contribution in [0.4, 0.5) is 114 Å². The summed E-state index contributed by atoms with van der Waals surface area (Å²) in [5.41, 5.74) is -30.2. The van der Waals surface area contributed by atoms with E-state index in [1.165, 1.54) is 0 Å². The van der Waals surface area contributed by atoms with Crippen molar-refractivity contribution in [1.29, 1.82) is 0 Å². The van der Waals surface area contributed by atoms with Crippen LogP contribution in [0.3, 0.4) is 0 Å². The summed E-state index contributed by atoms with van der Waals surface area (Å²) in [6, 6.07) is 20.6. The second-order valence-corrected chi connectivity index (χ2v) is 21.3. The predicted molar refractivity (Wildman–Crippen MR) is 276 cm³/mol. The highest BCUT2D eigenvalue weighted by molar-refractivity contribution is 7.20. The highest BCUT2D eigenvalue weighted by Gasteiger charge is 2.55. The van der Waals surface area contributed by atoms with Crippen LogP contribution in [-0.4, -0.2) is 6.15 Å². The van der Waals surface area contributed by atoms with Gasteiger partial charge in [0.15, 0.2) is 69.8 Å². The van der Waals surface area contributed by atoms with Gasteiger partial charge >= 0.3 is 12.4 Å². The van der Waals surface area contributed by atoms with Crippen molar-refractivity contribution in [1.82, 2.24) is 0 Å². The zero-order chi connectivity index (χ0) is 65.3. The van der Waals surface area contributed by atoms with Crippen LogP contribution in [0.25, 0.3) is 66.1 Å². The Balaban J connectivity index is 1.19. The Morgan fingerprint density at radius 3 is 0.856 bits per heavy atom. The Labute approximate surface area is 486 Å². The minimum Gasteiger partial charge on any atom is -0.207 e. The first-order valence-electron chi connectivity index (χ1n) is 26.0. The summed E-state index contributed by atoms with van der Waals surface area (Å²) in [4.78, 5) is 0. The molecular formula is C63H24BF26-. The molecule has 10 aromatic carbocycles. The topological polar surface area (TPSA) is 0 Å². The molecule has 0 amide bonds. The predicted octanol–water partition coefficient (Wildman–Crippen LogP) is 17.4. The summed E-state index contributed by atoms with van der Waals surface area (Å²) in [5.74, 6) is -75.0. The van der Waals surface area contributed by atoms with E-state index in [9.17, 15) is 26.3 Å². The van der Waals surface area contributed by atoms with E-state index in [1.807, 2.05) is 0 Å². The second kappa shape index (κ2) is 20.8. The van der Waals surface area contributed by atoms with E-state index in [4.69, 9.17) is 0 Å². The summed E-state index contributed by atoms with van der Waals surface area (Å²) in [6.45, 7) is -0.0478. The Kier molecular flexibility index (Phi) is 14.1. The molecule has 2 aliphatic carbocycles. The number of hydrogen-bond acceptors (Lipinski definition) is 0. The number of aryl methyl sites for hydroxylation is 4. The molecule has 0 N–H and O–H groups in total. The molecule has 2 aliphatic rings. The first kappa shape index (κ1) is 61.2. The fourth-order valence-corrected chi connectivity index (χ4v) is 12.7. The standard InChI is InChI=1S/C63H24BF26/c1-19-42(65)54(77)38(55(78)43(19)66)64(40-58(81)50(73)36(62(85,86)87)51(74)59(40)82,41-60(83)52(75)37(63(88,89)90)53(76)61(41)84)39-56(79)48(71)35(49(72)57(39)80)34-46(69)44(67)33(45(68)47(34)70)24-15-22(31-17-20-10-12-25(20)27-6-2-4-8-29(27)31)14-23(16-24)32-18-21-11-13-26(21)28-7-3-5-9-30(28)32/h2-9,14-18H,10-13H2,1H3/q-1. The molecule has 0 saturated carbocycles. The van der Waals surface area contributed by atoms with Gasteiger partial charge < -0.3 is 0 Å². The molecule has 10 aromatic rings. The Morgan fingerprint density at radius 2 is 0.556 bits per heavy atom. The van der Waals surface area contributed by atoms with Crippen LogP contribution in [-0.2, 0) is 38.0 Å². The first-order valence-corrected chi connectivity index (χ1v) is 26.0. The minimum absolute atomic E-state index is 0.0478. The van der Waals surface area contributed by atoms with Crippen LogP contribution in [0.5, 0.6) is 0 Å². The van der Waals surface area contributed by atoms with Gasteiger partial charge in [-0.2, -0.15) is 26.3 Å². The van der Waals surface area contributed by atoms with E-state index >= 15 is 87.8 Å². The molecular weight excluding hydrogens is 1260 g/mol. The van der Waals surface area contributed by atoms with Gasteiger partial charge in [0.2, 0.25) is 0 Å². The number of hydrogen-bond donors (Lipinski definition) is 0. The summed E-state index contributed by atoms with van der Waals surface area (Å²) >= 11 is 0. The molecule has 0 saturated heterocycles. The van der Waals surface area contributed by atoms with E-state index in [-0.39, 0.29) is 18.1 Å². The fraction of sp³-hybridized carbons (Fsp3) is 0.111. The van der Waals surface area contributed by atoms with Gasteiger partial charge in [0.05, 0.1) is 16.7 Å². The van der Waals surface area contributed by atoms with Gasteiger partial charge in [-0.05, 0) is 122 Å². The van der Waals surface area contributed by atoms with Crippen LogP contribution in [0, 0.1) is 123 Å². The molecule has 0 aromatic heterocycles. The summed E-state index contributed by atoms with van der Waals surface area (Å²) in [7, 11) is 0. The molecule has 462 valence electrons. The Bertz CT molecular complexity index is 4550. The van der Waals surface area contributed by atoms with Crippen molar-refractivity contribution in [2.75, 3.05) is 0 Å². The number of alkyl halides is 6. The van der Waals surface area contributed by atoms with Gasteiger partial charge in [0, 0.05) is 5.56 Å². The summed E-state index contributed by atoms with van der Waals surface area (Å²) < 4.78 is 419. The van der Waals surface area contributed by atoms with Crippen molar-refractivity contribution in [2.45, 2.75) is 45.0 Å². The maximum atomic E-state index is 17.7. The lowest BCUT2D eigenvalue weighted by molar-refractivity contribution is -0.144. The highest BCUT2D eigenvalue weighted by atomic mass is 19.4. The number of halogens is 26. The second-order valence-electron chi connectivity index (χ2n) is 21.3. The van der Waals surface area contributed by atoms with Crippen LogP contribution in [0.15, 0.2) is 78.9 Å². The third kappa shape index (κ3) is 8.41. The minimum atomic E-state index is -7.92. The zero-order valence-electron chi connectivity index (χ0n) is 44.2. The van der Waals surface area contributed by atoms with Gasteiger partial charge in [-0.25, -0.2) is 87.8 Å². The molecule has 0 spiro atoms. The van der Waals surface area contributed by atoms with Crippen LogP contribution >= 0.6 is 0 Å². The molecule has 90 heavy (non-hydrogen) atoms. The SMILES string of the molecule is Cc1c(F)c(F)c([B-](c2c(F)c(F)c(-c3c(F)c(F)c(-c4cc(-c5cc6c(c7ccccc57)CC6)cc(-c5cc6c(c7ccccc57)CC6)c4)c(F)c3F)c(F)c2F)(c2c(F)c(F)c(C(F)(F)F)c(F)c2F)c2c(F)c(F)c(C(F)(F)F)c(F)c2F)c(F)c1F. The van der Waals surface area contributed by atoms with E-state index in [0.717, 1.165) is 45.2 Å². The van der Waals surface area contributed by atoms with Crippen LogP contribution in [0.1, 0.15) is 38.9 Å². The number of benzene rings is 10. The molecule has 0 radical (unpaired) electrons. The van der Waals surface area contributed by atoms with Gasteiger partial charge in [-0.15, -0.1) is 21.9 Å². The van der Waals surface area contributed by atoms with E-state index in [0.29, 0.717) is 47.6 Å². The molecule has 0 heterocycles. The van der Waals surface area contributed by atoms with E-state index in [2.05, 4.69) is 0 Å². The largest absolute Gasteiger partial charge is 0.422 e. The molecule has 0 fully saturated rings. The van der Waals surface area contributed by atoms with Crippen molar-refractivity contribution in [3.63, 3.8) is 0 Å². The average molecular weight is 1290 g/mol. The molecule has 12 rings (SSSR count). The smallest absolute Gasteiger partial charge is 0.207 e. The third-order valence-electron chi connectivity index (χ3n) is 16.9. The zero-order valence-corrected chi connectivity index (χ0v) is 44.2. The van der Waals surface area contributed by atoms with Gasteiger partial charge in [-0.1, -0.05) is 60.7 Å². The molecule has 0 unspecified atom stereocenters. The Morgan fingerprint density at radius 1 is 0.289 bits per heavy atom. The fourth-order valence-electron chi connectivity index (χ4n) is 12.7. The van der Waals surface area contributed by atoms with Crippen molar-refractivity contribution in [2.24, 2.45) is 0 Å².